The van der Waals surface area contributed by atoms with E-state index in [1.807, 2.05) is 19.1 Å². The third-order valence-electron chi connectivity index (χ3n) is 6.30. The van der Waals surface area contributed by atoms with Gasteiger partial charge in [0.05, 0.1) is 5.57 Å². The zero-order valence-electron chi connectivity index (χ0n) is 18.2. The fourth-order valence-corrected chi connectivity index (χ4v) is 4.88. The molecule has 1 N–H and O–H groups in total. The first-order chi connectivity index (χ1) is 14.9. The number of carbonyl (C=O) groups is 3. The van der Waals surface area contributed by atoms with Crippen molar-refractivity contribution in [2.75, 3.05) is 0 Å². The molecule has 1 aromatic rings. The molecule has 3 aliphatic rings. The Morgan fingerprint density at radius 3 is 2.39 bits per heavy atom. The highest BCUT2D eigenvalue weighted by molar-refractivity contribution is 6.03. The molecule has 1 atom stereocenters. The number of benzene rings is 1. The molecule has 0 amide bonds. The monoisotopic (exact) mass is 423 g/mol. The van der Waals surface area contributed by atoms with E-state index in [1.165, 1.54) is 13.3 Å². The van der Waals surface area contributed by atoms with Crippen molar-refractivity contribution < 1.29 is 23.9 Å². The highest BCUT2D eigenvalue weighted by atomic mass is 16.5. The summed E-state index contributed by atoms with van der Waals surface area (Å²) in [5.74, 6) is -0.725. The van der Waals surface area contributed by atoms with Gasteiger partial charge in [0.25, 0.3) is 0 Å². The van der Waals surface area contributed by atoms with Crippen molar-refractivity contribution in [3.8, 4) is 5.75 Å². The molecule has 164 valence electrons. The lowest BCUT2D eigenvalue weighted by atomic mass is 9.75. The van der Waals surface area contributed by atoms with E-state index in [4.69, 9.17) is 9.47 Å². The summed E-state index contributed by atoms with van der Waals surface area (Å²) in [6, 6.07) is 7.04. The molecular weight excluding hydrogens is 394 g/mol. The number of rotatable bonds is 4. The van der Waals surface area contributed by atoms with Crippen LogP contribution in [0.25, 0.3) is 0 Å². The summed E-state index contributed by atoms with van der Waals surface area (Å²) in [6.07, 6.45) is 7.10. The number of dihydropyridines is 1. The second kappa shape index (κ2) is 9.08. The van der Waals surface area contributed by atoms with Crippen LogP contribution >= 0.6 is 0 Å². The number of ketones is 1. The Bertz CT molecular complexity index is 951. The molecule has 0 bridgehead atoms. The number of hydrogen-bond acceptors (Lipinski definition) is 6. The summed E-state index contributed by atoms with van der Waals surface area (Å²) in [5, 5.41) is 3.32. The van der Waals surface area contributed by atoms with Crippen molar-refractivity contribution in [2.24, 2.45) is 0 Å². The predicted molar refractivity (Wildman–Crippen MR) is 115 cm³/mol. The summed E-state index contributed by atoms with van der Waals surface area (Å²) in [6.45, 7) is 3.23. The van der Waals surface area contributed by atoms with Crippen LogP contribution in [0.2, 0.25) is 0 Å². The van der Waals surface area contributed by atoms with Gasteiger partial charge in [-0.05, 0) is 63.1 Å². The molecular formula is C25H29NO5. The molecule has 0 radical (unpaired) electrons. The number of allylic oxidation sites excluding steroid dienone is 3. The molecule has 0 spiro atoms. The quantitative estimate of drug-likeness (QED) is 0.569. The fraction of sp³-hybridized carbons (Fsp3) is 0.480. The summed E-state index contributed by atoms with van der Waals surface area (Å²) in [4.78, 5) is 37.5. The highest BCUT2D eigenvalue weighted by Gasteiger charge is 2.39. The molecule has 4 rings (SSSR count). The molecule has 0 aromatic heterocycles. The minimum atomic E-state index is -0.480. The zero-order chi connectivity index (χ0) is 22.0. The van der Waals surface area contributed by atoms with Crippen LogP contribution in [0.4, 0.5) is 0 Å². The smallest absolute Gasteiger partial charge is 0.337 e. The Balaban J connectivity index is 1.70. The lowest BCUT2D eigenvalue weighted by Crippen LogP contribution is -2.35. The number of esters is 2. The number of Topliss-reactive ketones (excluding diaryl/α,β-unsaturated/α-hetero) is 1. The maximum absolute atomic E-state index is 13.3. The number of hydrogen-bond donors (Lipinski definition) is 1. The molecule has 0 unspecified atom stereocenters. The van der Waals surface area contributed by atoms with Crippen LogP contribution in [0.15, 0.2) is 46.8 Å². The molecule has 1 heterocycles. The standard InChI is InChI=1S/C25H29NO5/c1-15-22(25(29)31-18-7-4-3-5-8-18)23(24-20(26-15)9-6-10-21(24)28)17-11-13-19(14-12-17)30-16(2)27/h11-14,18,23,26H,3-10H2,1-2H3/t23-/m1/s1. The Kier molecular flexibility index (Phi) is 6.25. The third kappa shape index (κ3) is 4.58. The molecule has 1 fully saturated rings. The Morgan fingerprint density at radius 2 is 1.71 bits per heavy atom. The van der Waals surface area contributed by atoms with Crippen molar-refractivity contribution in [3.63, 3.8) is 0 Å². The summed E-state index contributed by atoms with van der Waals surface area (Å²) < 4.78 is 11.1. The summed E-state index contributed by atoms with van der Waals surface area (Å²) >= 11 is 0. The number of nitrogens with one attached hydrogen (secondary N) is 1. The molecule has 6 heteroatoms. The number of carbonyl (C=O) groups excluding carboxylic acids is 3. The average molecular weight is 424 g/mol. The topological polar surface area (TPSA) is 81.7 Å². The molecule has 6 nitrogen and oxygen atoms in total. The van der Waals surface area contributed by atoms with E-state index >= 15 is 0 Å². The van der Waals surface area contributed by atoms with Crippen LogP contribution in [-0.4, -0.2) is 23.8 Å². The van der Waals surface area contributed by atoms with Crippen LogP contribution in [0, 0.1) is 0 Å². The normalized spacial score (nSPS) is 22.0. The van der Waals surface area contributed by atoms with Gasteiger partial charge in [-0.15, -0.1) is 0 Å². The molecule has 1 saturated carbocycles. The first-order valence-corrected chi connectivity index (χ1v) is 11.2. The van der Waals surface area contributed by atoms with Gasteiger partial charge in [0.15, 0.2) is 5.78 Å². The van der Waals surface area contributed by atoms with E-state index in [2.05, 4.69) is 5.32 Å². The predicted octanol–water partition coefficient (Wildman–Crippen LogP) is 4.46. The lowest BCUT2D eigenvalue weighted by Gasteiger charge is -2.35. The van der Waals surface area contributed by atoms with Crippen LogP contribution in [0.1, 0.15) is 76.7 Å². The van der Waals surface area contributed by atoms with Crippen molar-refractivity contribution in [1.29, 1.82) is 0 Å². The van der Waals surface area contributed by atoms with Crippen molar-refractivity contribution in [3.05, 3.63) is 52.4 Å². The second-order valence-corrected chi connectivity index (χ2v) is 8.59. The zero-order valence-corrected chi connectivity index (χ0v) is 18.2. The number of ether oxygens (including phenoxy) is 2. The van der Waals surface area contributed by atoms with Crippen LogP contribution in [-0.2, 0) is 19.1 Å². The maximum atomic E-state index is 13.3. The Hall–Kier alpha value is -2.89. The average Bonchev–Trinajstić information content (AvgIpc) is 2.74. The van der Waals surface area contributed by atoms with Crippen molar-refractivity contribution in [1.82, 2.24) is 5.32 Å². The second-order valence-electron chi connectivity index (χ2n) is 8.59. The fourth-order valence-electron chi connectivity index (χ4n) is 4.88. The van der Waals surface area contributed by atoms with Crippen LogP contribution in [0.5, 0.6) is 5.75 Å². The minimum Gasteiger partial charge on any atom is -0.459 e. The van der Waals surface area contributed by atoms with Gasteiger partial charge >= 0.3 is 11.9 Å². The first kappa shape index (κ1) is 21.3. The lowest BCUT2D eigenvalue weighted by molar-refractivity contribution is -0.146. The van der Waals surface area contributed by atoms with E-state index in [1.54, 1.807) is 12.1 Å². The highest BCUT2D eigenvalue weighted by Crippen LogP contribution is 2.43. The van der Waals surface area contributed by atoms with Gasteiger partial charge in [-0.3, -0.25) is 9.59 Å². The van der Waals surface area contributed by atoms with E-state index in [0.717, 1.165) is 55.5 Å². The largest absolute Gasteiger partial charge is 0.459 e. The van der Waals surface area contributed by atoms with Crippen molar-refractivity contribution >= 4 is 17.7 Å². The Morgan fingerprint density at radius 1 is 1.00 bits per heavy atom. The molecule has 31 heavy (non-hydrogen) atoms. The van der Waals surface area contributed by atoms with Gasteiger partial charge in [-0.1, -0.05) is 18.6 Å². The van der Waals surface area contributed by atoms with E-state index in [-0.39, 0.29) is 17.9 Å². The Labute approximate surface area is 182 Å². The summed E-state index contributed by atoms with van der Waals surface area (Å²) in [7, 11) is 0. The first-order valence-electron chi connectivity index (χ1n) is 11.2. The summed E-state index contributed by atoms with van der Waals surface area (Å²) in [5.41, 5.74) is 3.61. The molecule has 0 saturated heterocycles. The van der Waals surface area contributed by atoms with Gasteiger partial charge in [0, 0.05) is 36.2 Å². The van der Waals surface area contributed by atoms with Crippen LogP contribution in [0.3, 0.4) is 0 Å². The SMILES string of the molecule is CC(=O)Oc1ccc([C@@H]2C(C(=O)OC3CCCCC3)=C(C)NC3=C2C(=O)CCC3)cc1. The van der Waals surface area contributed by atoms with Gasteiger partial charge in [0.1, 0.15) is 11.9 Å². The van der Waals surface area contributed by atoms with Crippen LogP contribution < -0.4 is 10.1 Å². The minimum absolute atomic E-state index is 0.0639. The van der Waals surface area contributed by atoms with Gasteiger partial charge in [-0.2, -0.15) is 0 Å². The van der Waals surface area contributed by atoms with E-state index in [9.17, 15) is 14.4 Å². The van der Waals surface area contributed by atoms with E-state index in [0.29, 0.717) is 23.3 Å². The van der Waals surface area contributed by atoms with Gasteiger partial charge in [0.2, 0.25) is 0 Å². The van der Waals surface area contributed by atoms with Gasteiger partial charge < -0.3 is 14.8 Å². The third-order valence-corrected chi connectivity index (χ3v) is 6.30. The molecule has 2 aliphatic carbocycles. The van der Waals surface area contributed by atoms with Gasteiger partial charge in [-0.25, -0.2) is 4.79 Å². The van der Waals surface area contributed by atoms with E-state index < -0.39 is 11.9 Å². The molecule has 1 aromatic carbocycles. The maximum Gasteiger partial charge on any atom is 0.337 e. The molecule has 1 aliphatic heterocycles. The van der Waals surface area contributed by atoms with Crippen molar-refractivity contribution in [2.45, 2.75) is 77.2 Å².